The summed E-state index contributed by atoms with van der Waals surface area (Å²) < 4.78 is 0. The van der Waals surface area contributed by atoms with E-state index in [1.807, 2.05) is 18.2 Å². The fraction of sp³-hybridized carbons (Fsp3) is 0.200. The average Bonchev–Trinajstić information content (AvgIpc) is 2.90. The standard InChI is InChI=1S/C15H16N4O/c16-18-15(20)13-6-3-5-12(17-13)10-19-9-8-11-4-1-2-7-14(11)19/h1-7H,8-10,16H2,(H,18,20). The van der Waals surface area contributed by atoms with Crippen LogP contribution >= 0.6 is 0 Å². The molecule has 0 spiro atoms. The number of nitrogen functional groups attached to an aromatic ring is 1. The highest BCUT2D eigenvalue weighted by Gasteiger charge is 2.19. The number of nitrogens with two attached hydrogens (primary N) is 1. The van der Waals surface area contributed by atoms with Crippen LogP contribution < -0.4 is 16.2 Å². The van der Waals surface area contributed by atoms with Gasteiger partial charge in [-0.3, -0.25) is 10.2 Å². The van der Waals surface area contributed by atoms with E-state index in [-0.39, 0.29) is 5.91 Å². The Balaban J connectivity index is 1.81. The molecule has 1 aliphatic rings. The zero-order valence-electron chi connectivity index (χ0n) is 11.0. The number of hydrazine groups is 1. The SMILES string of the molecule is NNC(=O)c1cccc(CN2CCc3ccccc32)n1. The molecule has 1 aromatic carbocycles. The van der Waals surface area contributed by atoms with E-state index in [9.17, 15) is 4.79 Å². The molecular weight excluding hydrogens is 252 g/mol. The molecule has 20 heavy (non-hydrogen) atoms. The monoisotopic (exact) mass is 268 g/mol. The van der Waals surface area contributed by atoms with Crippen LogP contribution in [0.15, 0.2) is 42.5 Å². The van der Waals surface area contributed by atoms with Crippen molar-refractivity contribution in [2.24, 2.45) is 5.84 Å². The minimum atomic E-state index is -0.367. The summed E-state index contributed by atoms with van der Waals surface area (Å²) in [7, 11) is 0. The Morgan fingerprint density at radius 2 is 2.10 bits per heavy atom. The lowest BCUT2D eigenvalue weighted by Crippen LogP contribution is -2.31. The van der Waals surface area contributed by atoms with Crippen LogP contribution in [0.4, 0.5) is 5.69 Å². The number of hydrogen-bond donors (Lipinski definition) is 2. The van der Waals surface area contributed by atoms with Gasteiger partial charge in [0.2, 0.25) is 0 Å². The van der Waals surface area contributed by atoms with Gasteiger partial charge in [0.15, 0.2) is 0 Å². The molecule has 0 saturated heterocycles. The fourth-order valence-electron chi connectivity index (χ4n) is 2.53. The second-order valence-electron chi connectivity index (χ2n) is 4.79. The number of anilines is 1. The van der Waals surface area contributed by atoms with Gasteiger partial charge in [0, 0.05) is 12.2 Å². The Kier molecular flexibility index (Phi) is 3.35. The Bertz CT molecular complexity index is 641. The second kappa shape index (κ2) is 5.30. The summed E-state index contributed by atoms with van der Waals surface area (Å²) in [5.41, 5.74) is 5.93. The number of para-hydroxylation sites is 1. The largest absolute Gasteiger partial charge is 0.365 e. The van der Waals surface area contributed by atoms with E-state index in [0.29, 0.717) is 12.2 Å². The third kappa shape index (κ3) is 2.35. The molecule has 3 rings (SSSR count). The van der Waals surface area contributed by atoms with Gasteiger partial charge in [-0.15, -0.1) is 0 Å². The van der Waals surface area contributed by atoms with Gasteiger partial charge in [0.1, 0.15) is 5.69 Å². The molecule has 2 aromatic rings. The maximum absolute atomic E-state index is 11.5. The van der Waals surface area contributed by atoms with E-state index in [2.05, 4.69) is 33.5 Å². The predicted octanol–water partition coefficient (Wildman–Crippen LogP) is 1.25. The Morgan fingerprint density at radius 1 is 1.25 bits per heavy atom. The molecule has 0 aliphatic carbocycles. The van der Waals surface area contributed by atoms with Gasteiger partial charge in [-0.05, 0) is 30.2 Å². The van der Waals surface area contributed by atoms with Crippen LogP contribution in [-0.2, 0) is 13.0 Å². The molecule has 5 heteroatoms. The van der Waals surface area contributed by atoms with Crippen molar-refractivity contribution in [3.8, 4) is 0 Å². The fourth-order valence-corrected chi connectivity index (χ4v) is 2.53. The molecule has 0 bridgehead atoms. The number of aromatic nitrogens is 1. The van der Waals surface area contributed by atoms with Crippen LogP contribution in [0.5, 0.6) is 0 Å². The number of carbonyl (C=O) groups is 1. The molecule has 0 unspecified atom stereocenters. The van der Waals surface area contributed by atoms with Crippen LogP contribution in [-0.4, -0.2) is 17.4 Å². The van der Waals surface area contributed by atoms with Crippen molar-refractivity contribution in [1.29, 1.82) is 0 Å². The zero-order chi connectivity index (χ0) is 13.9. The summed E-state index contributed by atoms with van der Waals surface area (Å²) in [6.07, 6.45) is 1.05. The topological polar surface area (TPSA) is 71.2 Å². The van der Waals surface area contributed by atoms with Crippen molar-refractivity contribution in [2.45, 2.75) is 13.0 Å². The summed E-state index contributed by atoms with van der Waals surface area (Å²) in [5.74, 6) is 4.76. The maximum Gasteiger partial charge on any atom is 0.283 e. The number of fused-ring (bicyclic) bond motifs is 1. The first kappa shape index (κ1) is 12.6. The predicted molar refractivity (Wildman–Crippen MR) is 77.1 cm³/mol. The quantitative estimate of drug-likeness (QED) is 0.499. The van der Waals surface area contributed by atoms with Crippen molar-refractivity contribution >= 4 is 11.6 Å². The van der Waals surface area contributed by atoms with E-state index in [1.165, 1.54) is 11.3 Å². The summed E-state index contributed by atoms with van der Waals surface area (Å²) in [5, 5.41) is 0. The van der Waals surface area contributed by atoms with Gasteiger partial charge < -0.3 is 4.90 Å². The summed E-state index contributed by atoms with van der Waals surface area (Å²) >= 11 is 0. The molecule has 1 aliphatic heterocycles. The highest BCUT2D eigenvalue weighted by molar-refractivity contribution is 5.91. The Hall–Kier alpha value is -2.40. The van der Waals surface area contributed by atoms with E-state index < -0.39 is 0 Å². The number of carbonyl (C=O) groups excluding carboxylic acids is 1. The van der Waals surface area contributed by atoms with Crippen LogP contribution in [0.1, 0.15) is 21.7 Å². The minimum Gasteiger partial charge on any atom is -0.365 e. The molecule has 0 radical (unpaired) electrons. The molecular formula is C15H16N4O. The molecule has 5 nitrogen and oxygen atoms in total. The molecule has 0 atom stereocenters. The molecule has 3 N–H and O–H groups in total. The second-order valence-corrected chi connectivity index (χ2v) is 4.79. The lowest BCUT2D eigenvalue weighted by atomic mass is 10.2. The normalized spacial score (nSPS) is 13.2. The zero-order valence-corrected chi connectivity index (χ0v) is 11.0. The summed E-state index contributed by atoms with van der Waals surface area (Å²) in [6.45, 7) is 1.68. The van der Waals surface area contributed by atoms with Gasteiger partial charge in [-0.2, -0.15) is 0 Å². The number of rotatable bonds is 3. The Labute approximate surface area is 117 Å². The minimum absolute atomic E-state index is 0.345. The first-order valence-electron chi connectivity index (χ1n) is 6.57. The van der Waals surface area contributed by atoms with Crippen molar-refractivity contribution in [3.63, 3.8) is 0 Å². The van der Waals surface area contributed by atoms with Crippen molar-refractivity contribution < 1.29 is 4.79 Å². The average molecular weight is 268 g/mol. The third-order valence-electron chi connectivity index (χ3n) is 3.51. The first-order chi connectivity index (χ1) is 9.78. The van der Waals surface area contributed by atoms with Crippen LogP contribution in [0.2, 0.25) is 0 Å². The number of nitrogens with zero attached hydrogens (tertiary/aromatic N) is 2. The molecule has 1 aromatic heterocycles. The third-order valence-corrected chi connectivity index (χ3v) is 3.51. The van der Waals surface area contributed by atoms with Crippen molar-refractivity contribution in [2.75, 3.05) is 11.4 Å². The molecule has 0 fully saturated rings. The number of amides is 1. The van der Waals surface area contributed by atoms with Gasteiger partial charge in [-0.1, -0.05) is 24.3 Å². The highest BCUT2D eigenvalue weighted by Crippen LogP contribution is 2.28. The van der Waals surface area contributed by atoms with Crippen molar-refractivity contribution in [1.82, 2.24) is 10.4 Å². The van der Waals surface area contributed by atoms with Crippen LogP contribution in [0.3, 0.4) is 0 Å². The van der Waals surface area contributed by atoms with Gasteiger partial charge in [0.05, 0.1) is 12.2 Å². The molecule has 1 amide bonds. The summed E-state index contributed by atoms with van der Waals surface area (Å²) in [4.78, 5) is 18.1. The first-order valence-corrected chi connectivity index (χ1v) is 6.57. The molecule has 0 saturated carbocycles. The van der Waals surface area contributed by atoms with Gasteiger partial charge >= 0.3 is 0 Å². The van der Waals surface area contributed by atoms with Gasteiger partial charge in [-0.25, -0.2) is 10.8 Å². The highest BCUT2D eigenvalue weighted by atomic mass is 16.2. The van der Waals surface area contributed by atoms with E-state index >= 15 is 0 Å². The number of pyridine rings is 1. The van der Waals surface area contributed by atoms with Crippen LogP contribution in [0, 0.1) is 0 Å². The van der Waals surface area contributed by atoms with E-state index in [1.54, 1.807) is 6.07 Å². The number of nitrogens with one attached hydrogen (secondary N) is 1. The molecule has 102 valence electrons. The van der Waals surface area contributed by atoms with E-state index in [4.69, 9.17) is 5.84 Å². The van der Waals surface area contributed by atoms with Crippen molar-refractivity contribution in [3.05, 3.63) is 59.4 Å². The summed E-state index contributed by atoms with van der Waals surface area (Å²) in [6, 6.07) is 13.8. The maximum atomic E-state index is 11.5. The molecule has 2 heterocycles. The lowest BCUT2D eigenvalue weighted by Gasteiger charge is -2.19. The smallest absolute Gasteiger partial charge is 0.283 e. The number of benzene rings is 1. The lowest BCUT2D eigenvalue weighted by molar-refractivity contribution is 0.0948. The van der Waals surface area contributed by atoms with E-state index in [0.717, 1.165) is 18.7 Å². The number of hydrogen-bond acceptors (Lipinski definition) is 4. The van der Waals surface area contributed by atoms with Crippen LogP contribution in [0.25, 0.3) is 0 Å². The Morgan fingerprint density at radius 3 is 2.95 bits per heavy atom. The van der Waals surface area contributed by atoms with Gasteiger partial charge in [0.25, 0.3) is 5.91 Å².